The molecule has 0 aliphatic rings. The normalized spacial score (nSPS) is 12.2. The molecular formula is C29H30FN3O3. The molecule has 7 heteroatoms. The Kier molecular flexibility index (Phi) is 7.22. The second-order valence-corrected chi connectivity index (χ2v) is 9.27. The number of rotatable bonds is 8. The van der Waals surface area contributed by atoms with Gasteiger partial charge < -0.3 is 20.6 Å². The summed E-state index contributed by atoms with van der Waals surface area (Å²) < 4.78 is 18.8. The van der Waals surface area contributed by atoms with E-state index in [1.54, 1.807) is 13.0 Å². The quantitative estimate of drug-likeness (QED) is 0.214. The highest BCUT2D eigenvalue weighted by molar-refractivity contribution is 6.21. The van der Waals surface area contributed by atoms with Crippen molar-refractivity contribution in [1.29, 1.82) is 0 Å². The Morgan fingerprint density at radius 1 is 1.08 bits per heavy atom. The van der Waals surface area contributed by atoms with E-state index in [2.05, 4.69) is 4.98 Å². The number of aromatic amines is 1. The predicted molar refractivity (Wildman–Crippen MR) is 140 cm³/mol. The number of aryl methyl sites for hydroxylation is 1. The number of hydrogen-bond donors (Lipinski definition) is 3. The van der Waals surface area contributed by atoms with E-state index in [1.807, 2.05) is 62.4 Å². The van der Waals surface area contributed by atoms with Crippen LogP contribution in [0.1, 0.15) is 49.4 Å². The van der Waals surface area contributed by atoms with E-state index in [0.717, 1.165) is 16.7 Å². The molecule has 0 saturated carbocycles. The van der Waals surface area contributed by atoms with Crippen LogP contribution < -0.4 is 5.73 Å². The number of H-pyrrole nitrogens is 1. The average Bonchev–Trinajstić information content (AvgIpc) is 3.16. The molecule has 6 nitrogen and oxygen atoms in total. The number of esters is 1. The van der Waals surface area contributed by atoms with Crippen molar-refractivity contribution >= 4 is 28.3 Å². The SMILES string of the molecule is CCOC(=O)CCc1ccc(C(=Nc2ccc(C(C)(C)N)cc2)c2c(O)[nH]c3cc(F)ccc23)cc1. The lowest BCUT2D eigenvalue weighted by molar-refractivity contribution is -0.143. The lowest BCUT2D eigenvalue weighted by atomic mass is 9.95. The minimum atomic E-state index is -0.483. The zero-order valence-electron chi connectivity index (χ0n) is 20.6. The van der Waals surface area contributed by atoms with Gasteiger partial charge in [-0.05, 0) is 68.7 Å². The first-order valence-electron chi connectivity index (χ1n) is 11.9. The van der Waals surface area contributed by atoms with E-state index in [0.29, 0.717) is 47.3 Å². The topological polar surface area (TPSA) is 101 Å². The van der Waals surface area contributed by atoms with Gasteiger partial charge in [-0.3, -0.25) is 4.79 Å². The van der Waals surface area contributed by atoms with Crippen LogP contribution in [0.4, 0.5) is 10.1 Å². The highest BCUT2D eigenvalue weighted by Crippen LogP contribution is 2.32. The fraction of sp³-hybridized carbons (Fsp3) is 0.241. The highest BCUT2D eigenvalue weighted by Gasteiger charge is 2.20. The molecule has 0 aliphatic carbocycles. The van der Waals surface area contributed by atoms with Crippen LogP contribution in [0.2, 0.25) is 0 Å². The fourth-order valence-corrected chi connectivity index (χ4v) is 4.06. The molecule has 0 bridgehead atoms. The number of hydrogen-bond acceptors (Lipinski definition) is 5. The highest BCUT2D eigenvalue weighted by atomic mass is 19.1. The monoisotopic (exact) mass is 487 g/mol. The Bertz CT molecular complexity index is 1400. The lowest BCUT2D eigenvalue weighted by Crippen LogP contribution is -2.28. The number of carbonyl (C=O) groups is 1. The molecule has 1 heterocycles. The summed E-state index contributed by atoms with van der Waals surface area (Å²) in [5.74, 6) is -0.732. The Hall–Kier alpha value is -3.97. The number of aliphatic imine (C=N–C) groups is 1. The van der Waals surface area contributed by atoms with Crippen molar-refractivity contribution in [3.63, 3.8) is 0 Å². The van der Waals surface area contributed by atoms with Gasteiger partial charge >= 0.3 is 5.97 Å². The molecule has 0 fully saturated rings. The van der Waals surface area contributed by atoms with Gasteiger partial charge in [-0.25, -0.2) is 9.38 Å². The van der Waals surface area contributed by atoms with Crippen LogP contribution in [0.5, 0.6) is 5.88 Å². The molecule has 0 amide bonds. The Balaban J connectivity index is 1.76. The number of nitrogens with two attached hydrogens (primary N) is 1. The first kappa shape index (κ1) is 25.1. The molecule has 186 valence electrons. The van der Waals surface area contributed by atoms with Gasteiger partial charge in [0, 0.05) is 22.9 Å². The number of aromatic nitrogens is 1. The van der Waals surface area contributed by atoms with E-state index in [9.17, 15) is 14.3 Å². The maximum Gasteiger partial charge on any atom is 0.306 e. The largest absolute Gasteiger partial charge is 0.494 e. The first-order valence-corrected chi connectivity index (χ1v) is 11.9. The molecule has 1 aromatic heterocycles. The van der Waals surface area contributed by atoms with Crippen LogP contribution in [0, 0.1) is 5.82 Å². The van der Waals surface area contributed by atoms with Crippen molar-refractivity contribution in [2.75, 3.05) is 6.61 Å². The molecule has 4 aromatic rings. The molecule has 0 aliphatic heterocycles. The second-order valence-electron chi connectivity index (χ2n) is 9.27. The Labute approximate surface area is 209 Å². The fourth-order valence-electron chi connectivity index (χ4n) is 4.06. The number of carbonyl (C=O) groups excluding carboxylic acids is 1. The molecule has 4 N–H and O–H groups in total. The van der Waals surface area contributed by atoms with Crippen molar-refractivity contribution < 1.29 is 19.0 Å². The first-order chi connectivity index (χ1) is 17.2. The third-order valence-electron chi connectivity index (χ3n) is 5.98. The van der Waals surface area contributed by atoms with Crippen LogP contribution in [-0.2, 0) is 21.5 Å². The van der Waals surface area contributed by atoms with E-state index in [1.165, 1.54) is 12.1 Å². The number of halogens is 1. The average molecular weight is 488 g/mol. The number of ether oxygens (including phenoxy) is 1. The molecule has 0 atom stereocenters. The van der Waals surface area contributed by atoms with Crippen molar-refractivity contribution in [2.45, 2.75) is 39.2 Å². The van der Waals surface area contributed by atoms with Crippen molar-refractivity contribution in [3.8, 4) is 5.88 Å². The van der Waals surface area contributed by atoms with Gasteiger partial charge in [-0.1, -0.05) is 36.4 Å². The number of nitrogens with one attached hydrogen (secondary N) is 1. The van der Waals surface area contributed by atoms with Gasteiger partial charge in [-0.15, -0.1) is 0 Å². The Morgan fingerprint density at radius 3 is 2.42 bits per heavy atom. The standard InChI is InChI=1S/C29H30FN3O3/c1-4-36-25(34)16-7-18-5-8-19(9-6-18)27(32-22-13-10-20(11-14-22)29(2,3)31)26-23-15-12-21(30)17-24(23)33-28(26)35/h5-6,8-15,17,33,35H,4,7,16,31H2,1-3H3. The van der Waals surface area contributed by atoms with Crippen LogP contribution in [0.25, 0.3) is 10.9 Å². The van der Waals surface area contributed by atoms with Crippen LogP contribution >= 0.6 is 0 Å². The second kappa shape index (κ2) is 10.3. The van der Waals surface area contributed by atoms with E-state index >= 15 is 0 Å². The minimum absolute atomic E-state index is 0.0968. The smallest absolute Gasteiger partial charge is 0.306 e. The molecule has 0 unspecified atom stereocenters. The zero-order chi connectivity index (χ0) is 25.9. The molecular weight excluding hydrogens is 457 g/mol. The summed E-state index contributed by atoms with van der Waals surface area (Å²) >= 11 is 0. The third-order valence-corrected chi connectivity index (χ3v) is 5.98. The minimum Gasteiger partial charge on any atom is -0.494 e. The van der Waals surface area contributed by atoms with Crippen molar-refractivity contribution in [3.05, 3.63) is 94.8 Å². The predicted octanol–water partition coefficient (Wildman–Crippen LogP) is 5.87. The number of aromatic hydroxyl groups is 1. The summed E-state index contributed by atoms with van der Waals surface area (Å²) in [6, 6.07) is 19.6. The van der Waals surface area contributed by atoms with Gasteiger partial charge in [0.2, 0.25) is 0 Å². The van der Waals surface area contributed by atoms with Crippen LogP contribution in [0.15, 0.2) is 71.7 Å². The molecule has 0 saturated heterocycles. The molecule has 0 radical (unpaired) electrons. The maximum atomic E-state index is 13.8. The van der Waals surface area contributed by atoms with Gasteiger partial charge in [0.25, 0.3) is 0 Å². The summed E-state index contributed by atoms with van der Waals surface area (Å²) in [6.45, 7) is 6.01. The van der Waals surface area contributed by atoms with Gasteiger partial charge in [-0.2, -0.15) is 0 Å². The summed E-state index contributed by atoms with van der Waals surface area (Å²) in [6.07, 6.45) is 0.853. The van der Waals surface area contributed by atoms with Crippen molar-refractivity contribution in [2.24, 2.45) is 10.7 Å². The van der Waals surface area contributed by atoms with Crippen LogP contribution in [-0.4, -0.2) is 28.4 Å². The summed E-state index contributed by atoms with van der Waals surface area (Å²) in [5, 5.41) is 11.5. The van der Waals surface area contributed by atoms with E-state index in [-0.39, 0.29) is 11.8 Å². The number of benzene rings is 3. The van der Waals surface area contributed by atoms with E-state index in [4.69, 9.17) is 15.5 Å². The summed E-state index contributed by atoms with van der Waals surface area (Å²) in [5.41, 5.74) is 10.6. The van der Waals surface area contributed by atoms with Crippen LogP contribution in [0.3, 0.4) is 0 Å². The van der Waals surface area contributed by atoms with Gasteiger partial charge in [0.1, 0.15) is 5.82 Å². The summed E-state index contributed by atoms with van der Waals surface area (Å²) in [7, 11) is 0. The van der Waals surface area contributed by atoms with Crippen molar-refractivity contribution in [1.82, 2.24) is 4.98 Å². The maximum absolute atomic E-state index is 13.8. The molecule has 3 aromatic carbocycles. The number of nitrogens with zero attached hydrogens (tertiary/aromatic N) is 1. The molecule has 4 rings (SSSR count). The van der Waals surface area contributed by atoms with Gasteiger partial charge in [0.05, 0.1) is 29.1 Å². The molecule has 36 heavy (non-hydrogen) atoms. The zero-order valence-corrected chi connectivity index (χ0v) is 20.6. The van der Waals surface area contributed by atoms with E-state index < -0.39 is 11.4 Å². The summed E-state index contributed by atoms with van der Waals surface area (Å²) in [4.78, 5) is 19.5. The molecule has 0 spiro atoms. The lowest BCUT2D eigenvalue weighted by Gasteiger charge is -2.19. The van der Waals surface area contributed by atoms with Gasteiger partial charge in [0.15, 0.2) is 5.88 Å². The number of fused-ring (bicyclic) bond motifs is 1. The Morgan fingerprint density at radius 2 is 1.78 bits per heavy atom. The third kappa shape index (κ3) is 5.63.